The van der Waals surface area contributed by atoms with Crippen molar-refractivity contribution in [3.05, 3.63) is 51.9 Å². The Morgan fingerprint density at radius 3 is 2.30 bits per heavy atom. The molecule has 0 spiro atoms. The minimum atomic E-state index is 0.0169. The van der Waals surface area contributed by atoms with E-state index in [1.165, 1.54) is 5.56 Å². The molecule has 1 N–H and O–H groups in total. The molecule has 0 saturated carbocycles. The second-order valence-electron chi connectivity index (χ2n) is 5.86. The van der Waals surface area contributed by atoms with Crippen LogP contribution in [0.5, 0.6) is 0 Å². The summed E-state index contributed by atoms with van der Waals surface area (Å²) in [6, 6.07) is 10.3. The monoisotopic (exact) mass is 333 g/mol. The zero-order chi connectivity index (χ0) is 14.8. The van der Waals surface area contributed by atoms with Gasteiger partial charge in [0.25, 0.3) is 0 Å². The average molecular weight is 334 g/mol. The molecular weight excluding hydrogens is 314 g/mol. The SMILES string of the molecule is CNc1cc(C(C)(C)C)nc(Cc2ccc(Br)cc2)n1. The summed E-state index contributed by atoms with van der Waals surface area (Å²) in [5, 5.41) is 3.12. The van der Waals surface area contributed by atoms with Gasteiger partial charge in [-0.05, 0) is 17.7 Å². The first kappa shape index (κ1) is 15.0. The van der Waals surface area contributed by atoms with E-state index in [9.17, 15) is 0 Å². The first-order valence-corrected chi connectivity index (χ1v) is 7.48. The Kier molecular flexibility index (Phi) is 4.43. The van der Waals surface area contributed by atoms with Crippen LogP contribution in [0.2, 0.25) is 0 Å². The van der Waals surface area contributed by atoms with Crippen LogP contribution in [-0.4, -0.2) is 17.0 Å². The smallest absolute Gasteiger partial charge is 0.135 e. The summed E-state index contributed by atoms with van der Waals surface area (Å²) in [5.74, 6) is 1.72. The van der Waals surface area contributed by atoms with Crippen molar-refractivity contribution in [2.45, 2.75) is 32.6 Å². The molecule has 0 aliphatic heterocycles. The first-order valence-electron chi connectivity index (χ1n) is 6.69. The van der Waals surface area contributed by atoms with Gasteiger partial charge < -0.3 is 5.32 Å². The van der Waals surface area contributed by atoms with Crippen LogP contribution in [0, 0.1) is 0 Å². The predicted molar refractivity (Wildman–Crippen MR) is 87.2 cm³/mol. The predicted octanol–water partition coefficient (Wildman–Crippen LogP) is 4.17. The van der Waals surface area contributed by atoms with Gasteiger partial charge >= 0.3 is 0 Å². The number of benzene rings is 1. The molecule has 1 aromatic heterocycles. The van der Waals surface area contributed by atoms with Crippen LogP contribution in [-0.2, 0) is 11.8 Å². The van der Waals surface area contributed by atoms with E-state index in [0.29, 0.717) is 0 Å². The molecule has 3 nitrogen and oxygen atoms in total. The molecule has 0 radical (unpaired) electrons. The Balaban J connectivity index is 2.33. The maximum Gasteiger partial charge on any atom is 0.135 e. The molecule has 0 bridgehead atoms. The second-order valence-corrected chi connectivity index (χ2v) is 6.77. The molecule has 0 amide bonds. The van der Waals surface area contributed by atoms with Crippen LogP contribution in [0.4, 0.5) is 5.82 Å². The Bertz CT molecular complexity index is 586. The van der Waals surface area contributed by atoms with Crippen molar-refractivity contribution in [1.82, 2.24) is 9.97 Å². The molecule has 0 aliphatic rings. The third-order valence-corrected chi connectivity index (χ3v) is 3.60. The van der Waals surface area contributed by atoms with E-state index in [1.54, 1.807) is 0 Å². The summed E-state index contributed by atoms with van der Waals surface area (Å²) >= 11 is 3.45. The molecule has 1 aromatic carbocycles. The highest BCUT2D eigenvalue weighted by molar-refractivity contribution is 9.10. The lowest BCUT2D eigenvalue weighted by Crippen LogP contribution is -2.16. The number of anilines is 1. The fraction of sp³-hybridized carbons (Fsp3) is 0.375. The number of halogens is 1. The zero-order valence-electron chi connectivity index (χ0n) is 12.4. The summed E-state index contributed by atoms with van der Waals surface area (Å²) in [4.78, 5) is 9.26. The van der Waals surface area contributed by atoms with Crippen molar-refractivity contribution < 1.29 is 0 Å². The Morgan fingerprint density at radius 1 is 1.10 bits per heavy atom. The van der Waals surface area contributed by atoms with E-state index in [2.05, 4.69) is 59.1 Å². The fourth-order valence-corrected chi connectivity index (χ4v) is 2.14. The van der Waals surface area contributed by atoms with Gasteiger partial charge in [-0.15, -0.1) is 0 Å². The zero-order valence-corrected chi connectivity index (χ0v) is 14.0. The lowest BCUT2D eigenvalue weighted by Gasteiger charge is -2.19. The summed E-state index contributed by atoms with van der Waals surface area (Å²) in [5.41, 5.74) is 2.29. The highest BCUT2D eigenvalue weighted by atomic mass is 79.9. The fourth-order valence-electron chi connectivity index (χ4n) is 1.87. The maximum absolute atomic E-state index is 4.71. The van der Waals surface area contributed by atoms with E-state index in [4.69, 9.17) is 4.98 Å². The lowest BCUT2D eigenvalue weighted by molar-refractivity contribution is 0.563. The number of hydrogen-bond acceptors (Lipinski definition) is 3. The van der Waals surface area contributed by atoms with Crippen molar-refractivity contribution in [3.8, 4) is 0 Å². The van der Waals surface area contributed by atoms with Crippen molar-refractivity contribution in [1.29, 1.82) is 0 Å². The van der Waals surface area contributed by atoms with Gasteiger partial charge in [0, 0.05) is 29.4 Å². The van der Waals surface area contributed by atoms with Gasteiger partial charge in [-0.2, -0.15) is 0 Å². The standard InChI is InChI=1S/C16H20BrN3/c1-16(2,3)13-10-14(18-4)20-15(19-13)9-11-5-7-12(17)8-6-11/h5-8,10H,9H2,1-4H3,(H,18,19,20). The first-order chi connectivity index (χ1) is 9.38. The molecule has 0 fully saturated rings. The topological polar surface area (TPSA) is 37.8 Å². The normalized spacial score (nSPS) is 11.4. The van der Waals surface area contributed by atoms with Crippen molar-refractivity contribution >= 4 is 21.7 Å². The lowest BCUT2D eigenvalue weighted by atomic mass is 9.92. The molecule has 0 atom stereocenters. The van der Waals surface area contributed by atoms with Crippen LogP contribution >= 0.6 is 15.9 Å². The molecule has 4 heteroatoms. The van der Waals surface area contributed by atoms with Crippen LogP contribution in [0.1, 0.15) is 37.9 Å². The average Bonchev–Trinajstić information content (AvgIpc) is 2.40. The van der Waals surface area contributed by atoms with Crippen LogP contribution in [0.25, 0.3) is 0 Å². The molecule has 106 valence electrons. The number of nitrogens with one attached hydrogen (secondary N) is 1. The molecular formula is C16H20BrN3. The minimum absolute atomic E-state index is 0.0169. The maximum atomic E-state index is 4.71. The second kappa shape index (κ2) is 5.92. The van der Waals surface area contributed by atoms with E-state index in [-0.39, 0.29) is 5.41 Å². The van der Waals surface area contributed by atoms with Gasteiger partial charge in [-0.1, -0.05) is 48.8 Å². The number of aromatic nitrogens is 2. The molecule has 0 aliphatic carbocycles. The van der Waals surface area contributed by atoms with Gasteiger partial charge in [0.1, 0.15) is 11.6 Å². The van der Waals surface area contributed by atoms with E-state index in [0.717, 1.165) is 28.2 Å². The van der Waals surface area contributed by atoms with Gasteiger partial charge in [-0.25, -0.2) is 9.97 Å². The molecule has 2 rings (SSSR count). The molecule has 0 saturated heterocycles. The number of nitrogens with zero attached hydrogens (tertiary/aromatic N) is 2. The molecule has 1 heterocycles. The van der Waals surface area contributed by atoms with Gasteiger partial charge in [0.15, 0.2) is 0 Å². The quantitative estimate of drug-likeness (QED) is 0.915. The number of rotatable bonds is 3. The third kappa shape index (κ3) is 3.79. The van der Waals surface area contributed by atoms with Crippen LogP contribution in [0.15, 0.2) is 34.8 Å². The summed E-state index contributed by atoms with van der Waals surface area (Å²) in [7, 11) is 1.89. The van der Waals surface area contributed by atoms with E-state index in [1.807, 2.05) is 25.2 Å². The summed E-state index contributed by atoms with van der Waals surface area (Å²) in [6.45, 7) is 6.49. The number of hydrogen-bond donors (Lipinski definition) is 1. The Labute approximate surface area is 129 Å². The largest absolute Gasteiger partial charge is 0.373 e. The highest BCUT2D eigenvalue weighted by Crippen LogP contribution is 2.23. The third-order valence-electron chi connectivity index (χ3n) is 3.07. The van der Waals surface area contributed by atoms with Gasteiger partial charge in [0.05, 0.1) is 5.69 Å². The molecule has 2 aromatic rings. The van der Waals surface area contributed by atoms with Crippen LogP contribution in [0.3, 0.4) is 0 Å². The highest BCUT2D eigenvalue weighted by Gasteiger charge is 2.17. The van der Waals surface area contributed by atoms with Crippen molar-refractivity contribution in [2.75, 3.05) is 12.4 Å². The Hall–Kier alpha value is -1.42. The molecule has 20 heavy (non-hydrogen) atoms. The van der Waals surface area contributed by atoms with E-state index < -0.39 is 0 Å². The summed E-state index contributed by atoms with van der Waals surface area (Å²) in [6.07, 6.45) is 0.742. The van der Waals surface area contributed by atoms with Gasteiger partial charge in [0.2, 0.25) is 0 Å². The van der Waals surface area contributed by atoms with Crippen molar-refractivity contribution in [2.24, 2.45) is 0 Å². The summed E-state index contributed by atoms with van der Waals surface area (Å²) < 4.78 is 1.08. The minimum Gasteiger partial charge on any atom is -0.373 e. The van der Waals surface area contributed by atoms with Crippen LogP contribution < -0.4 is 5.32 Å². The Morgan fingerprint density at radius 2 is 1.75 bits per heavy atom. The van der Waals surface area contributed by atoms with E-state index >= 15 is 0 Å². The molecule has 0 unspecified atom stereocenters. The van der Waals surface area contributed by atoms with Gasteiger partial charge in [-0.3, -0.25) is 0 Å². The van der Waals surface area contributed by atoms with Crippen molar-refractivity contribution in [3.63, 3.8) is 0 Å².